The first kappa shape index (κ1) is 20.6. The zero-order valence-corrected chi connectivity index (χ0v) is 18.0. The zero-order valence-electron chi connectivity index (χ0n) is 15.6. The fourth-order valence-corrected chi connectivity index (χ4v) is 3.24. The molecule has 0 amide bonds. The van der Waals surface area contributed by atoms with E-state index in [2.05, 4.69) is 94.7 Å². The van der Waals surface area contributed by atoms with Gasteiger partial charge in [0, 0.05) is 32.4 Å². The van der Waals surface area contributed by atoms with E-state index in [1.54, 1.807) is 0 Å². The minimum atomic E-state index is 0. The summed E-state index contributed by atoms with van der Waals surface area (Å²) in [7, 11) is 2.12. The van der Waals surface area contributed by atoms with E-state index in [0.717, 1.165) is 38.6 Å². The third-order valence-electron chi connectivity index (χ3n) is 4.72. The topological polar surface area (TPSA) is 30.9 Å². The highest BCUT2D eigenvalue weighted by atomic mass is 127. The molecule has 5 heteroatoms. The molecule has 0 saturated heterocycles. The van der Waals surface area contributed by atoms with Gasteiger partial charge in [-0.3, -0.25) is 4.99 Å². The monoisotopic (exact) mass is 464 g/mol. The van der Waals surface area contributed by atoms with Crippen molar-refractivity contribution in [3.63, 3.8) is 0 Å². The molecule has 26 heavy (non-hydrogen) atoms. The van der Waals surface area contributed by atoms with Gasteiger partial charge in [0.1, 0.15) is 0 Å². The Balaban J connectivity index is 0.00000243. The van der Waals surface area contributed by atoms with Crippen molar-refractivity contribution in [2.75, 3.05) is 38.1 Å². The number of aliphatic imine (C=N–C) groups is 1. The maximum atomic E-state index is 4.69. The summed E-state index contributed by atoms with van der Waals surface area (Å²) in [6.45, 7) is 6.11. The van der Waals surface area contributed by atoms with Crippen LogP contribution < -0.4 is 10.2 Å². The van der Waals surface area contributed by atoms with Crippen LogP contribution in [0, 0.1) is 0 Å². The van der Waals surface area contributed by atoms with Gasteiger partial charge in [-0.2, -0.15) is 0 Å². The molecule has 4 nitrogen and oxygen atoms in total. The van der Waals surface area contributed by atoms with Crippen molar-refractivity contribution in [3.05, 3.63) is 66.2 Å². The predicted octanol–water partition coefficient (Wildman–Crippen LogP) is 4.15. The summed E-state index contributed by atoms with van der Waals surface area (Å²) in [6, 6.07) is 21.5. The molecule has 1 atom stereocenters. The second-order valence-electron chi connectivity index (χ2n) is 6.46. The summed E-state index contributed by atoms with van der Waals surface area (Å²) < 4.78 is 0. The number of anilines is 1. The largest absolute Gasteiger partial charge is 0.372 e. The molecule has 0 radical (unpaired) electrons. The standard InChI is InChI=1S/C21H28N4.HI/c1-3-25(19-13-8-5-9-14-19)16-10-15-24(2)21-22-17-20(23-21)18-11-6-4-7-12-18;/h4-9,11-14,20H,3,10,15-17H2,1-2H3,(H,22,23);1H. The lowest BCUT2D eigenvalue weighted by atomic mass is 10.1. The Labute approximate surface area is 174 Å². The van der Waals surface area contributed by atoms with Gasteiger partial charge in [0.2, 0.25) is 0 Å². The van der Waals surface area contributed by atoms with Crippen molar-refractivity contribution in [3.8, 4) is 0 Å². The van der Waals surface area contributed by atoms with Crippen molar-refractivity contribution < 1.29 is 0 Å². The number of benzene rings is 2. The van der Waals surface area contributed by atoms with Gasteiger partial charge in [-0.1, -0.05) is 48.5 Å². The average Bonchev–Trinajstić information content (AvgIpc) is 3.17. The number of halogens is 1. The van der Waals surface area contributed by atoms with Crippen LogP contribution in [-0.4, -0.2) is 44.1 Å². The second kappa shape index (κ2) is 10.4. The summed E-state index contributed by atoms with van der Waals surface area (Å²) >= 11 is 0. The molecule has 2 aromatic carbocycles. The SMILES string of the molecule is CCN(CCCN(C)C1=NCC(c2ccccc2)N1)c1ccccc1.I. The van der Waals surface area contributed by atoms with Crippen LogP contribution >= 0.6 is 24.0 Å². The maximum absolute atomic E-state index is 4.69. The van der Waals surface area contributed by atoms with E-state index in [4.69, 9.17) is 0 Å². The van der Waals surface area contributed by atoms with E-state index in [1.165, 1.54) is 11.3 Å². The molecule has 0 fully saturated rings. The van der Waals surface area contributed by atoms with Gasteiger partial charge >= 0.3 is 0 Å². The van der Waals surface area contributed by atoms with Crippen LogP contribution in [0.1, 0.15) is 24.9 Å². The number of guanidine groups is 1. The Morgan fingerprint density at radius 2 is 1.65 bits per heavy atom. The summed E-state index contributed by atoms with van der Waals surface area (Å²) in [5.41, 5.74) is 2.60. The fourth-order valence-electron chi connectivity index (χ4n) is 3.24. The zero-order chi connectivity index (χ0) is 17.5. The molecule has 1 N–H and O–H groups in total. The molecular weight excluding hydrogens is 435 g/mol. The molecule has 0 aliphatic carbocycles. The highest BCUT2D eigenvalue weighted by Gasteiger charge is 2.21. The van der Waals surface area contributed by atoms with Crippen molar-refractivity contribution in [2.45, 2.75) is 19.4 Å². The van der Waals surface area contributed by atoms with Gasteiger partial charge in [-0.15, -0.1) is 24.0 Å². The Bertz CT molecular complexity index is 675. The van der Waals surface area contributed by atoms with Crippen LogP contribution in [0.4, 0.5) is 5.69 Å². The Kier molecular flexibility index (Phi) is 8.22. The first-order chi connectivity index (χ1) is 12.3. The van der Waals surface area contributed by atoms with Crippen LogP contribution in [-0.2, 0) is 0 Å². The third-order valence-corrected chi connectivity index (χ3v) is 4.72. The lowest BCUT2D eigenvalue weighted by molar-refractivity contribution is 0.470. The summed E-state index contributed by atoms with van der Waals surface area (Å²) in [5, 5.41) is 3.55. The smallest absolute Gasteiger partial charge is 0.194 e. The van der Waals surface area contributed by atoms with E-state index >= 15 is 0 Å². The molecule has 0 spiro atoms. The Hall–Kier alpha value is -1.76. The van der Waals surface area contributed by atoms with Crippen molar-refractivity contribution >= 4 is 35.6 Å². The normalized spacial score (nSPS) is 15.6. The van der Waals surface area contributed by atoms with E-state index in [9.17, 15) is 0 Å². The van der Waals surface area contributed by atoms with Crippen LogP contribution in [0.3, 0.4) is 0 Å². The Morgan fingerprint density at radius 3 is 2.31 bits per heavy atom. The first-order valence-corrected chi connectivity index (χ1v) is 9.15. The minimum Gasteiger partial charge on any atom is -0.372 e. The maximum Gasteiger partial charge on any atom is 0.194 e. The van der Waals surface area contributed by atoms with Crippen LogP contribution in [0.5, 0.6) is 0 Å². The van der Waals surface area contributed by atoms with E-state index in [1.807, 2.05) is 0 Å². The first-order valence-electron chi connectivity index (χ1n) is 9.15. The molecule has 3 rings (SSSR count). The second-order valence-corrected chi connectivity index (χ2v) is 6.46. The molecule has 1 aliphatic rings. The highest BCUT2D eigenvalue weighted by Crippen LogP contribution is 2.18. The molecule has 1 aliphatic heterocycles. The molecule has 0 saturated carbocycles. The lowest BCUT2D eigenvalue weighted by Crippen LogP contribution is -2.38. The van der Waals surface area contributed by atoms with E-state index < -0.39 is 0 Å². The van der Waals surface area contributed by atoms with Crippen molar-refractivity contribution in [1.82, 2.24) is 10.2 Å². The number of rotatable bonds is 7. The highest BCUT2D eigenvalue weighted by molar-refractivity contribution is 14.0. The molecular formula is C21H29IN4. The number of nitrogens with one attached hydrogen (secondary N) is 1. The average molecular weight is 464 g/mol. The molecule has 2 aromatic rings. The lowest BCUT2D eigenvalue weighted by Gasteiger charge is -2.26. The van der Waals surface area contributed by atoms with Gasteiger partial charge in [0.05, 0.1) is 12.6 Å². The molecule has 1 unspecified atom stereocenters. The third kappa shape index (κ3) is 5.37. The van der Waals surface area contributed by atoms with Crippen LogP contribution in [0.25, 0.3) is 0 Å². The Morgan fingerprint density at radius 1 is 1.00 bits per heavy atom. The van der Waals surface area contributed by atoms with Gasteiger partial charge in [-0.25, -0.2) is 0 Å². The molecule has 0 bridgehead atoms. The number of nitrogens with zero attached hydrogens (tertiary/aromatic N) is 3. The van der Waals surface area contributed by atoms with E-state index in [0.29, 0.717) is 6.04 Å². The fraction of sp³-hybridized carbons (Fsp3) is 0.381. The number of hydrogen-bond donors (Lipinski definition) is 1. The predicted molar refractivity (Wildman–Crippen MR) is 122 cm³/mol. The molecule has 0 aromatic heterocycles. The van der Waals surface area contributed by atoms with Gasteiger partial charge in [0.25, 0.3) is 0 Å². The van der Waals surface area contributed by atoms with Crippen LogP contribution in [0.15, 0.2) is 65.7 Å². The molecule has 1 heterocycles. The van der Waals surface area contributed by atoms with Crippen molar-refractivity contribution in [2.24, 2.45) is 4.99 Å². The van der Waals surface area contributed by atoms with Gasteiger partial charge < -0.3 is 15.1 Å². The summed E-state index contributed by atoms with van der Waals surface area (Å²) in [4.78, 5) is 9.35. The van der Waals surface area contributed by atoms with E-state index in [-0.39, 0.29) is 24.0 Å². The van der Waals surface area contributed by atoms with Gasteiger partial charge in [-0.05, 0) is 31.0 Å². The number of hydrogen-bond acceptors (Lipinski definition) is 4. The summed E-state index contributed by atoms with van der Waals surface area (Å²) in [5.74, 6) is 1.01. The minimum absolute atomic E-state index is 0. The quantitative estimate of drug-likeness (QED) is 0.625. The van der Waals surface area contributed by atoms with Gasteiger partial charge in [0.15, 0.2) is 5.96 Å². The number of para-hydroxylation sites is 1. The van der Waals surface area contributed by atoms with Crippen molar-refractivity contribution in [1.29, 1.82) is 0 Å². The summed E-state index contributed by atoms with van der Waals surface area (Å²) in [6.07, 6.45) is 1.11. The van der Waals surface area contributed by atoms with Crippen LogP contribution in [0.2, 0.25) is 0 Å². The molecule has 140 valence electrons.